The molecule has 0 saturated carbocycles. The minimum atomic E-state index is -0.359. The fourth-order valence-electron chi connectivity index (χ4n) is 3.89. The topological polar surface area (TPSA) is 78.5 Å². The van der Waals surface area contributed by atoms with Crippen LogP contribution in [0.4, 0.5) is 0 Å². The Labute approximate surface area is 164 Å². The number of nitrogens with one attached hydrogen (secondary N) is 1. The summed E-state index contributed by atoms with van der Waals surface area (Å²) in [5.74, 6) is 0.687. The lowest BCUT2D eigenvalue weighted by Gasteiger charge is -2.24. The molecule has 27 heavy (non-hydrogen) atoms. The number of aromatic nitrogens is 2. The summed E-state index contributed by atoms with van der Waals surface area (Å²) in [4.78, 5) is 24.9. The van der Waals surface area contributed by atoms with Gasteiger partial charge in [0.1, 0.15) is 10.7 Å². The highest BCUT2D eigenvalue weighted by Crippen LogP contribution is 2.33. The summed E-state index contributed by atoms with van der Waals surface area (Å²) < 4.78 is 5.16. The van der Waals surface area contributed by atoms with Gasteiger partial charge in [-0.3, -0.25) is 9.69 Å². The Morgan fingerprint density at radius 1 is 1.37 bits per heavy atom. The van der Waals surface area contributed by atoms with Crippen LogP contribution in [0.3, 0.4) is 0 Å². The van der Waals surface area contributed by atoms with E-state index >= 15 is 0 Å². The van der Waals surface area contributed by atoms with E-state index in [0.29, 0.717) is 25.5 Å². The Bertz CT molecular complexity index is 802. The molecule has 0 aromatic carbocycles. The van der Waals surface area contributed by atoms with Crippen molar-refractivity contribution >= 4 is 21.6 Å². The molecular formula is C20H31N3O3S. The summed E-state index contributed by atoms with van der Waals surface area (Å²) in [7, 11) is 1.70. The van der Waals surface area contributed by atoms with Gasteiger partial charge in [-0.25, -0.2) is 4.98 Å². The minimum Gasteiger partial charge on any atom is -0.392 e. The zero-order chi connectivity index (χ0) is 19.2. The molecule has 0 spiro atoms. The van der Waals surface area contributed by atoms with E-state index in [1.165, 1.54) is 16.9 Å². The highest BCUT2D eigenvalue weighted by Gasteiger charge is 2.20. The van der Waals surface area contributed by atoms with E-state index in [-0.39, 0.29) is 11.7 Å². The van der Waals surface area contributed by atoms with Gasteiger partial charge >= 0.3 is 0 Å². The predicted octanol–water partition coefficient (Wildman–Crippen LogP) is 2.86. The molecule has 150 valence electrons. The van der Waals surface area contributed by atoms with E-state index in [0.717, 1.165) is 55.3 Å². The highest BCUT2D eigenvalue weighted by molar-refractivity contribution is 7.18. The molecule has 0 bridgehead atoms. The number of methoxy groups -OCH3 is 1. The molecule has 1 aliphatic carbocycles. The molecule has 2 heterocycles. The van der Waals surface area contributed by atoms with E-state index in [1.807, 2.05) is 0 Å². The molecule has 2 aromatic rings. The van der Waals surface area contributed by atoms with Gasteiger partial charge in [0.25, 0.3) is 5.56 Å². The lowest BCUT2D eigenvalue weighted by Crippen LogP contribution is -2.34. The Morgan fingerprint density at radius 3 is 2.96 bits per heavy atom. The van der Waals surface area contributed by atoms with Crippen LogP contribution in [0, 0.1) is 0 Å². The molecular weight excluding hydrogens is 362 g/mol. The lowest BCUT2D eigenvalue weighted by molar-refractivity contribution is 0.0917. The predicted molar refractivity (Wildman–Crippen MR) is 110 cm³/mol. The molecule has 1 aliphatic rings. The lowest BCUT2D eigenvalue weighted by atomic mass is 9.97. The Kier molecular flexibility index (Phi) is 7.41. The van der Waals surface area contributed by atoms with Gasteiger partial charge in [-0.15, -0.1) is 11.3 Å². The maximum atomic E-state index is 12.7. The first-order chi connectivity index (χ1) is 13.1. The number of hydrogen-bond acceptors (Lipinski definition) is 6. The third kappa shape index (κ3) is 5.16. The van der Waals surface area contributed by atoms with E-state index in [4.69, 9.17) is 9.72 Å². The number of ether oxygens (including phenoxy) is 1. The van der Waals surface area contributed by atoms with Crippen molar-refractivity contribution in [2.24, 2.45) is 0 Å². The van der Waals surface area contributed by atoms with E-state index in [9.17, 15) is 9.90 Å². The second kappa shape index (κ2) is 9.78. The van der Waals surface area contributed by atoms with Crippen LogP contribution in [0.5, 0.6) is 0 Å². The zero-order valence-electron chi connectivity index (χ0n) is 16.4. The van der Waals surface area contributed by atoms with Crippen molar-refractivity contribution in [3.8, 4) is 0 Å². The molecule has 0 radical (unpaired) electrons. The number of H-pyrrole nitrogens is 1. The third-order valence-corrected chi connectivity index (χ3v) is 6.35. The summed E-state index contributed by atoms with van der Waals surface area (Å²) in [6, 6.07) is 0. The van der Waals surface area contributed by atoms with Gasteiger partial charge in [-0.1, -0.05) is 13.3 Å². The summed E-state index contributed by atoms with van der Waals surface area (Å²) in [5.41, 5.74) is 1.21. The third-order valence-electron chi connectivity index (χ3n) is 5.16. The number of aromatic amines is 1. The monoisotopic (exact) mass is 393 g/mol. The maximum Gasteiger partial charge on any atom is 0.259 e. The molecule has 0 aliphatic heterocycles. The van der Waals surface area contributed by atoms with Crippen LogP contribution in [-0.2, 0) is 24.1 Å². The number of aliphatic hydroxyl groups excluding tert-OH is 1. The summed E-state index contributed by atoms with van der Waals surface area (Å²) in [6.45, 7) is 4.68. The summed E-state index contributed by atoms with van der Waals surface area (Å²) in [6.07, 6.45) is 6.67. The Morgan fingerprint density at radius 2 is 2.19 bits per heavy atom. The smallest absolute Gasteiger partial charge is 0.259 e. The molecule has 0 saturated heterocycles. The van der Waals surface area contributed by atoms with E-state index in [1.54, 1.807) is 18.4 Å². The Hall–Kier alpha value is -1.28. The van der Waals surface area contributed by atoms with Crippen molar-refractivity contribution in [1.29, 1.82) is 0 Å². The Balaban J connectivity index is 1.79. The summed E-state index contributed by atoms with van der Waals surface area (Å²) in [5, 5.41) is 11.0. The number of aryl methyl sites for hydroxylation is 2. The van der Waals surface area contributed by atoms with Crippen molar-refractivity contribution in [2.75, 3.05) is 26.8 Å². The quantitative estimate of drug-likeness (QED) is 0.607. The number of hydrogen-bond donors (Lipinski definition) is 2. The molecule has 1 atom stereocenters. The average Bonchev–Trinajstić information content (AvgIpc) is 3.00. The minimum absolute atomic E-state index is 0.0136. The summed E-state index contributed by atoms with van der Waals surface area (Å²) >= 11 is 1.68. The van der Waals surface area contributed by atoms with Gasteiger partial charge in [0.15, 0.2) is 0 Å². The van der Waals surface area contributed by atoms with Crippen LogP contribution < -0.4 is 5.56 Å². The molecule has 1 unspecified atom stereocenters. The van der Waals surface area contributed by atoms with E-state index < -0.39 is 0 Å². The second-order valence-electron chi connectivity index (χ2n) is 7.43. The first-order valence-corrected chi connectivity index (χ1v) is 10.9. The SMILES string of the molecule is CCCC(O)CN(CCCOC)Cc1nc2sc3c(c2c(=O)[nH]1)CCCC3. The van der Waals surface area contributed by atoms with Crippen LogP contribution in [0.2, 0.25) is 0 Å². The van der Waals surface area contributed by atoms with Crippen LogP contribution >= 0.6 is 11.3 Å². The van der Waals surface area contributed by atoms with Gasteiger partial charge in [0.05, 0.1) is 18.0 Å². The molecule has 2 N–H and O–H groups in total. The van der Waals surface area contributed by atoms with Crippen molar-refractivity contribution in [1.82, 2.24) is 14.9 Å². The van der Waals surface area contributed by atoms with Crippen molar-refractivity contribution < 1.29 is 9.84 Å². The fourth-order valence-corrected chi connectivity index (χ4v) is 5.17. The molecule has 0 amide bonds. The fraction of sp³-hybridized carbons (Fsp3) is 0.700. The largest absolute Gasteiger partial charge is 0.392 e. The van der Waals surface area contributed by atoms with Gasteiger partial charge in [-0.05, 0) is 44.1 Å². The van der Waals surface area contributed by atoms with Gasteiger partial charge < -0.3 is 14.8 Å². The van der Waals surface area contributed by atoms with Gasteiger partial charge in [0, 0.05) is 31.7 Å². The number of fused-ring (bicyclic) bond motifs is 3. The number of aliphatic hydroxyl groups is 1. The van der Waals surface area contributed by atoms with Gasteiger partial charge in [0.2, 0.25) is 0 Å². The van der Waals surface area contributed by atoms with Crippen LogP contribution in [0.1, 0.15) is 55.3 Å². The van der Waals surface area contributed by atoms with Crippen LogP contribution in [-0.4, -0.2) is 52.9 Å². The van der Waals surface area contributed by atoms with Crippen molar-refractivity contribution in [2.45, 2.75) is 64.5 Å². The van der Waals surface area contributed by atoms with Gasteiger partial charge in [-0.2, -0.15) is 0 Å². The first kappa shape index (κ1) is 20.5. The van der Waals surface area contributed by atoms with Crippen LogP contribution in [0.15, 0.2) is 4.79 Å². The highest BCUT2D eigenvalue weighted by atomic mass is 32.1. The normalized spacial score (nSPS) is 15.4. The van der Waals surface area contributed by atoms with Crippen molar-refractivity contribution in [3.05, 3.63) is 26.6 Å². The first-order valence-electron chi connectivity index (χ1n) is 10.0. The van der Waals surface area contributed by atoms with Crippen LogP contribution in [0.25, 0.3) is 10.2 Å². The van der Waals surface area contributed by atoms with E-state index in [2.05, 4.69) is 16.8 Å². The molecule has 7 heteroatoms. The maximum absolute atomic E-state index is 12.7. The number of nitrogens with zero attached hydrogens (tertiary/aromatic N) is 2. The second-order valence-corrected chi connectivity index (χ2v) is 8.51. The molecule has 2 aromatic heterocycles. The molecule has 3 rings (SSSR count). The zero-order valence-corrected chi connectivity index (χ0v) is 17.2. The van der Waals surface area contributed by atoms with Crippen molar-refractivity contribution in [3.63, 3.8) is 0 Å². The standard InChI is InChI=1S/C20H31N3O3S/c1-3-7-14(24)12-23(10-6-11-26-2)13-17-21-19(25)18-15-8-4-5-9-16(15)27-20(18)22-17/h14,24H,3-13H2,1-2H3,(H,21,22,25). The average molecular weight is 394 g/mol. The number of rotatable bonds is 10. The molecule has 6 nitrogen and oxygen atoms in total. The number of thiophene rings is 1. The molecule has 0 fully saturated rings.